The number of carbonyl (C=O) groups is 1. The minimum atomic E-state index is -0.217. The number of ether oxygens (including phenoxy) is 1. The van der Waals surface area contributed by atoms with Crippen molar-refractivity contribution in [3.05, 3.63) is 52.7 Å². The molecule has 1 fully saturated rings. The van der Waals surface area contributed by atoms with Gasteiger partial charge in [-0.1, -0.05) is 17.7 Å². The smallest absolute Gasteiger partial charge is 0.257 e. The van der Waals surface area contributed by atoms with Gasteiger partial charge in [-0.05, 0) is 42.9 Å². The quantitative estimate of drug-likeness (QED) is 0.900. The fraction of sp³-hybridized carbons (Fsp3) is 0.294. The largest absolute Gasteiger partial charge is 0.473 e. The van der Waals surface area contributed by atoms with Crippen LogP contribution >= 0.6 is 23.4 Å². The Hall–Kier alpha value is -1.72. The number of halogens is 1. The maximum Gasteiger partial charge on any atom is 0.257 e. The molecule has 0 unspecified atom stereocenters. The molecule has 1 aliphatic rings. The molecule has 0 aliphatic carbocycles. The molecular weight excluding hydrogens is 332 g/mol. The highest BCUT2D eigenvalue weighted by atomic mass is 35.5. The molecule has 1 atom stereocenters. The lowest BCUT2D eigenvalue weighted by molar-refractivity contribution is 0.102. The number of hydrogen-bond acceptors (Lipinski definition) is 4. The van der Waals surface area contributed by atoms with Gasteiger partial charge < -0.3 is 10.1 Å². The molecule has 23 heavy (non-hydrogen) atoms. The van der Waals surface area contributed by atoms with E-state index in [1.807, 2.05) is 24.8 Å². The number of carbonyl (C=O) groups excluding carboxylic acids is 1. The summed E-state index contributed by atoms with van der Waals surface area (Å²) in [6, 6.07) is 8.88. The summed E-state index contributed by atoms with van der Waals surface area (Å²) in [5.41, 5.74) is 2.03. The zero-order valence-electron chi connectivity index (χ0n) is 12.7. The molecule has 0 saturated carbocycles. The number of benzene rings is 1. The fourth-order valence-electron chi connectivity index (χ4n) is 2.30. The molecular formula is C17H17ClN2O2S. The second-order valence-electron chi connectivity index (χ2n) is 5.36. The van der Waals surface area contributed by atoms with Crippen LogP contribution < -0.4 is 10.1 Å². The Kier molecular flexibility index (Phi) is 5.08. The van der Waals surface area contributed by atoms with Crippen molar-refractivity contribution in [2.45, 2.75) is 19.4 Å². The average molecular weight is 349 g/mol. The van der Waals surface area contributed by atoms with Crippen LogP contribution in [0, 0.1) is 6.92 Å². The normalized spacial score (nSPS) is 17.0. The van der Waals surface area contributed by atoms with Crippen LogP contribution in [0.2, 0.25) is 5.02 Å². The lowest BCUT2D eigenvalue weighted by atomic mass is 10.2. The summed E-state index contributed by atoms with van der Waals surface area (Å²) in [6.07, 6.45) is 2.80. The number of anilines is 1. The van der Waals surface area contributed by atoms with Crippen molar-refractivity contribution in [3.63, 3.8) is 0 Å². The van der Waals surface area contributed by atoms with Crippen LogP contribution in [0.3, 0.4) is 0 Å². The molecule has 2 aromatic rings. The highest BCUT2D eigenvalue weighted by molar-refractivity contribution is 7.99. The van der Waals surface area contributed by atoms with Gasteiger partial charge in [-0.25, -0.2) is 4.98 Å². The molecule has 0 radical (unpaired) electrons. The molecule has 0 bridgehead atoms. The minimum Gasteiger partial charge on any atom is -0.473 e. The van der Waals surface area contributed by atoms with Crippen molar-refractivity contribution in [3.8, 4) is 5.88 Å². The third-order valence-electron chi connectivity index (χ3n) is 3.69. The standard InChI is InChI=1S/C17H17ClN2O2S/c1-11-14(18)3-2-4-15(11)20-17(21)12-5-6-16(19-9-12)22-13-7-8-23-10-13/h2-6,9,13H,7-8,10H2,1H3,(H,20,21)/t13-/m1/s1. The summed E-state index contributed by atoms with van der Waals surface area (Å²) >= 11 is 7.95. The van der Waals surface area contributed by atoms with Crippen LogP contribution in [0.5, 0.6) is 5.88 Å². The molecule has 6 heteroatoms. The second kappa shape index (κ2) is 7.23. The molecule has 1 aromatic carbocycles. The van der Waals surface area contributed by atoms with Crippen LogP contribution in [-0.2, 0) is 0 Å². The van der Waals surface area contributed by atoms with Gasteiger partial charge in [0.1, 0.15) is 6.10 Å². The minimum absolute atomic E-state index is 0.217. The van der Waals surface area contributed by atoms with Crippen molar-refractivity contribution in [2.75, 3.05) is 16.8 Å². The highest BCUT2D eigenvalue weighted by Gasteiger charge is 2.17. The van der Waals surface area contributed by atoms with E-state index in [-0.39, 0.29) is 12.0 Å². The maximum absolute atomic E-state index is 12.3. The van der Waals surface area contributed by atoms with Gasteiger partial charge in [-0.15, -0.1) is 0 Å². The van der Waals surface area contributed by atoms with Crippen molar-refractivity contribution in [1.29, 1.82) is 0 Å². The highest BCUT2D eigenvalue weighted by Crippen LogP contribution is 2.24. The van der Waals surface area contributed by atoms with Gasteiger partial charge in [0.05, 0.1) is 5.56 Å². The molecule has 1 aromatic heterocycles. The molecule has 2 heterocycles. The van der Waals surface area contributed by atoms with Gasteiger partial charge in [-0.2, -0.15) is 11.8 Å². The molecule has 4 nitrogen and oxygen atoms in total. The van der Waals surface area contributed by atoms with Gasteiger partial charge in [0.15, 0.2) is 0 Å². The van der Waals surface area contributed by atoms with Crippen molar-refractivity contribution in [2.24, 2.45) is 0 Å². The lowest BCUT2D eigenvalue weighted by Gasteiger charge is -2.12. The molecule has 120 valence electrons. The number of nitrogens with zero attached hydrogens (tertiary/aromatic N) is 1. The molecule has 1 amide bonds. The third-order valence-corrected chi connectivity index (χ3v) is 5.23. The summed E-state index contributed by atoms with van der Waals surface area (Å²) in [4.78, 5) is 16.5. The van der Waals surface area contributed by atoms with Crippen molar-refractivity contribution in [1.82, 2.24) is 4.98 Å². The molecule has 1 N–H and O–H groups in total. The van der Waals surface area contributed by atoms with Crippen LogP contribution in [0.4, 0.5) is 5.69 Å². The lowest BCUT2D eigenvalue weighted by Crippen LogP contribution is -2.16. The SMILES string of the molecule is Cc1c(Cl)cccc1NC(=O)c1ccc(O[C@@H]2CCSC2)nc1. The number of thioether (sulfide) groups is 1. The Labute approximate surface area is 144 Å². The first-order valence-corrected chi connectivity index (χ1v) is 8.93. The van der Waals surface area contributed by atoms with E-state index < -0.39 is 0 Å². The monoisotopic (exact) mass is 348 g/mol. The summed E-state index contributed by atoms with van der Waals surface area (Å²) < 4.78 is 5.78. The van der Waals surface area contributed by atoms with E-state index in [9.17, 15) is 4.79 Å². The van der Waals surface area contributed by atoms with Crippen molar-refractivity contribution < 1.29 is 9.53 Å². The topological polar surface area (TPSA) is 51.2 Å². The molecule has 0 spiro atoms. The summed E-state index contributed by atoms with van der Waals surface area (Å²) in [6.45, 7) is 1.87. The van der Waals surface area contributed by atoms with E-state index in [4.69, 9.17) is 16.3 Å². The maximum atomic E-state index is 12.3. The second-order valence-corrected chi connectivity index (χ2v) is 6.91. The van der Waals surface area contributed by atoms with Gasteiger partial charge in [0, 0.05) is 28.7 Å². The summed E-state index contributed by atoms with van der Waals surface area (Å²) in [7, 11) is 0. The number of rotatable bonds is 4. The van der Waals surface area contributed by atoms with Gasteiger partial charge in [0.2, 0.25) is 5.88 Å². The Bertz CT molecular complexity index is 700. The van der Waals surface area contributed by atoms with E-state index in [0.717, 1.165) is 23.5 Å². The van der Waals surface area contributed by atoms with E-state index in [1.54, 1.807) is 24.3 Å². The first kappa shape index (κ1) is 16.1. The summed E-state index contributed by atoms with van der Waals surface area (Å²) in [5.74, 6) is 2.47. The van der Waals surface area contributed by atoms with Crippen LogP contribution in [0.25, 0.3) is 0 Å². The van der Waals surface area contributed by atoms with Crippen molar-refractivity contribution >= 4 is 35.0 Å². The number of amides is 1. The molecule has 1 aliphatic heterocycles. The zero-order valence-corrected chi connectivity index (χ0v) is 14.3. The third kappa shape index (κ3) is 3.98. The average Bonchev–Trinajstić information content (AvgIpc) is 3.05. The number of hydrogen-bond donors (Lipinski definition) is 1. The Morgan fingerprint density at radius 2 is 2.26 bits per heavy atom. The van der Waals surface area contributed by atoms with E-state index in [1.165, 1.54) is 6.20 Å². The van der Waals surface area contributed by atoms with Crippen LogP contribution in [0.1, 0.15) is 22.3 Å². The number of aromatic nitrogens is 1. The predicted molar refractivity (Wildman–Crippen MR) is 94.7 cm³/mol. The van der Waals surface area contributed by atoms with Gasteiger partial charge >= 0.3 is 0 Å². The molecule has 1 saturated heterocycles. The van der Waals surface area contributed by atoms with Crippen LogP contribution in [-0.4, -0.2) is 28.5 Å². The van der Waals surface area contributed by atoms with E-state index in [2.05, 4.69) is 10.3 Å². The summed E-state index contributed by atoms with van der Waals surface area (Å²) in [5, 5.41) is 3.48. The van der Waals surface area contributed by atoms with E-state index >= 15 is 0 Å². The number of nitrogens with one attached hydrogen (secondary N) is 1. The van der Waals surface area contributed by atoms with Gasteiger partial charge in [-0.3, -0.25) is 4.79 Å². The van der Waals surface area contributed by atoms with Gasteiger partial charge in [0.25, 0.3) is 5.91 Å². The molecule has 3 rings (SSSR count). The van der Waals surface area contributed by atoms with E-state index in [0.29, 0.717) is 22.2 Å². The fourth-order valence-corrected chi connectivity index (χ4v) is 3.57. The Balaban J connectivity index is 1.66. The first-order chi connectivity index (χ1) is 11.1. The zero-order chi connectivity index (χ0) is 16.2. The van der Waals surface area contributed by atoms with Crippen LogP contribution in [0.15, 0.2) is 36.5 Å². The Morgan fingerprint density at radius 3 is 2.96 bits per heavy atom. The Morgan fingerprint density at radius 1 is 1.39 bits per heavy atom. The first-order valence-electron chi connectivity index (χ1n) is 7.40. The number of pyridine rings is 1. The predicted octanol–water partition coefficient (Wildman–Crippen LogP) is 4.18.